The zero-order chi connectivity index (χ0) is 14.8. The second-order valence-electron chi connectivity index (χ2n) is 4.26. The van der Waals surface area contributed by atoms with Crippen LogP contribution in [0.1, 0.15) is 12.0 Å². The molecule has 1 atom stereocenters. The number of rotatable bonds is 8. The van der Waals surface area contributed by atoms with Gasteiger partial charge in [-0.3, -0.25) is 9.59 Å². The molecule has 0 fully saturated rings. The first kappa shape index (κ1) is 15.8. The van der Waals surface area contributed by atoms with Crippen LogP contribution in [0.15, 0.2) is 30.3 Å². The number of carbonyl (C=O) groups is 3. The number of amides is 2. The van der Waals surface area contributed by atoms with Crippen LogP contribution >= 0.6 is 0 Å². The zero-order valence-electron chi connectivity index (χ0n) is 11.2. The monoisotopic (exact) mass is 277 g/mol. The maximum absolute atomic E-state index is 12.0. The van der Waals surface area contributed by atoms with Crippen LogP contribution in [-0.4, -0.2) is 37.2 Å². The molecule has 6 nitrogen and oxygen atoms in total. The van der Waals surface area contributed by atoms with Gasteiger partial charge in [0.05, 0.1) is 6.54 Å². The molecule has 0 saturated heterocycles. The molecule has 1 aromatic rings. The van der Waals surface area contributed by atoms with Crippen molar-refractivity contribution in [2.24, 2.45) is 5.73 Å². The van der Waals surface area contributed by atoms with E-state index in [9.17, 15) is 14.4 Å². The van der Waals surface area contributed by atoms with Gasteiger partial charge in [-0.05, 0) is 5.56 Å². The fraction of sp³-hybridized carbons (Fsp3) is 0.357. The Bertz CT molecular complexity index is 448. The lowest BCUT2D eigenvalue weighted by Crippen LogP contribution is -2.49. The molecule has 0 aliphatic heterocycles. The molecule has 0 radical (unpaired) electrons. The molecule has 108 valence electrons. The van der Waals surface area contributed by atoms with E-state index in [-0.39, 0.29) is 25.4 Å². The molecule has 0 bridgehead atoms. The minimum absolute atomic E-state index is 0.174. The van der Waals surface area contributed by atoms with Crippen LogP contribution in [0.2, 0.25) is 0 Å². The van der Waals surface area contributed by atoms with Crippen LogP contribution in [0.4, 0.5) is 0 Å². The highest BCUT2D eigenvalue weighted by molar-refractivity contribution is 5.88. The zero-order valence-corrected chi connectivity index (χ0v) is 11.2. The Hall–Kier alpha value is -2.21. The molecule has 1 rings (SSSR count). The number of nitrogens with one attached hydrogen (secondary N) is 2. The summed E-state index contributed by atoms with van der Waals surface area (Å²) in [4.78, 5) is 33.6. The van der Waals surface area contributed by atoms with Crippen LogP contribution in [0.3, 0.4) is 0 Å². The first-order valence-electron chi connectivity index (χ1n) is 6.42. The van der Waals surface area contributed by atoms with Crippen LogP contribution in [0, 0.1) is 0 Å². The molecule has 20 heavy (non-hydrogen) atoms. The fourth-order valence-corrected chi connectivity index (χ4v) is 1.69. The van der Waals surface area contributed by atoms with Gasteiger partial charge in [0.1, 0.15) is 12.3 Å². The summed E-state index contributed by atoms with van der Waals surface area (Å²) in [5.41, 5.74) is 6.18. The topological polar surface area (TPSA) is 101 Å². The van der Waals surface area contributed by atoms with Gasteiger partial charge < -0.3 is 21.2 Å². The number of hydrogen-bond donors (Lipinski definition) is 3. The van der Waals surface area contributed by atoms with Crippen molar-refractivity contribution in [1.29, 1.82) is 0 Å². The summed E-state index contributed by atoms with van der Waals surface area (Å²) < 4.78 is 0. The van der Waals surface area contributed by atoms with E-state index >= 15 is 0 Å². The van der Waals surface area contributed by atoms with Crippen molar-refractivity contribution in [3.05, 3.63) is 35.9 Å². The Labute approximate surface area is 117 Å². The van der Waals surface area contributed by atoms with Gasteiger partial charge in [-0.1, -0.05) is 30.3 Å². The lowest BCUT2D eigenvalue weighted by atomic mass is 10.1. The predicted octanol–water partition coefficient (Wildman–Crippen LogP) is -0.622. The molecule has 0 aliphatic rings. The second kappa shape index (κ2) is 8.82. The van der Waals surface area contributed by atoms with Gasteiger partial charge in [0.25, 0.3) is 0 Å². The van der Waals surface area contributed by atoms with E-state index in [1.807, 2.05) is 30.3 Å². The molecule has 6 heteroatoms. The third-order valence-electron chi connectivity index (χ3n) is 2.68. The summed E-state index contributed by atoms with van der Waals surface area (Å²) in [6.07, 6.45) is 1.35. The molecule has 0 unspecified atom stereocenters. The Kier molecular flexibility index (Phi) is 6.99. The normalized spacial score (nSPS) is 11.4. The van der Waals surface area contributed by atoms with Gasteiger partial charge >= 0.3 is 0 Å². The highest BCUT2D eigenvalue weighted by Crippen LogP contribution is 2.03. The van der Waals surface area contributed by atoms with Crippen LogP contribution in [0.25, 0.3) is 0 Å². The first-order valence-corrected chi connectivity index (χ1v) is 6.42. The minimum atomic E-state index is -0.694. The lowest BCUT2D eigenvalue weighted by Gasteiger charge is -2.18. The highest BCUT2D eigenvalue weighted by Gasteiger charge is 2.20. The predicted molar refractivity (Wildman–Crippen MR) is 74.8 cm³/mol. The van der Waals surface area contributed by atoms with Crippen LogP contribution in [0.5, 0.6) is 0 Å². The summed E-state index contributed by atoms with van der Waals surface area (Å²) in [6, 6.07) is 8.66. The van der Waals surface area contributed by atoms with Crippen molar-refractivity contribution < 1.29 is 14.4 Å². The number of hydrogen-bond acceptors (Lipinski definition) is 4. The molecule has 2 amide bonds. The summed E-state index contributed by atoms with van der Waals surface area (Å²) >= 11 is 0. The van der Waals surface area contributed by atoms with Gasteiger partial charge in [0, 0.05) is 19.4 Å². The van der Waals surface area contributed by atoms with Crippen molar-refractivity contribution in [3.8, 4) is 0 Å². The lowest BCUT2D eigenvalue weighted by molar-refractivity contribution is -0.128. The quantitative estimate of drug-likeness (QED) is 0.435. The number of nitrogens with two attached hydrogens (primary N) is 1. The number of aldehydes is 1. The third kappa shape index (κ3) is 5.62. The van der Waals surface area contributed by atoms with Crippen molar-refractivity contribution in [2.75, 3.05) is 13.1 Å². The molecule has 1 aromatic carbocycles. The Morgan fingerprint density at radius 2 is 1.95 bits per heavy atom. The average molecular weight is 277 g/mol. The average Bonchev–Trinajstić information content (AvgIpc) is 2.47. The molecular formula is C14H19N3O3. The maximum atomic E-state index is 12.0. The summed E-state index contributed by atoms with van der Waals surface area (Å²) in [6.45, 7) is 0.0824. The second-order valence-corrected chi connectivity index (χ2v) is 4.26. The van der Waals surface area contributed by atoms with E-state index in [0.29, 0.717) is 6.42 Å². The van der Waals surface area contributed by atoms with Crippen molar-refractivity contribution in [2.45, 2.75) is 18.9 Å². The van der Waals surface area contributed by atoms with E-state index < -0.39 is 11.9 Å². The Morgan fingerprint density at radius 3 is 2.55 bits per heavy atom. The number of benzene rings is 1. The van der Waals surface area contributed by atoms with Crippen molar-refractivity contribution >= 4 is 18.1 Å². The van der Waals surface area contributed by atoms with Crippen LogP contribution < -0.4 is 16.4 Å². The van der Waals surface area contributed by atoms with Gasteiger partial charge in [0.15, 0.2) is 0 Å². The summed E-state index contributed by atoms with van der Waals surface area (Å²) in [7, 11) is 0. The minimum Gasteiger partial charge on any atom is -0.354 e. The standard InChI is InChI=1S/C14H19N3O3/c15-10-13(19)17-12(14(20)16-7-4-8-18)9-11-5-2-1-3-6-11/h1-3,5-6,8,12H,4,7,9-10,15H2,(H,16,20)(H,17,19)/t12-/m0/s1. The summed E-state index contributed by atoms with van der Waals surface area (Å²) in [5, 5.41) is 5.19. The van der Waals surface area contributed by atoms with E-state index in [4.69, 9.17) is 5.73 Å². The molecule has 0 spiro atoms. The molecule has 0 saturated carbocycles. The summed E-state index contributed by atoms with van der Waals surface area (Å²) in [5.74, 6) is -0.714. The first-order chi connectivity index (χ1) is 9.67. The van der Waals surface area contributed by atoms with Gasteiger partial charge in [-0.2, -0.15) is 0 Å². The van der Waals surface area contributed by atoms with Crippen molar-refractivity contribution in [3.63, 3.8) is 0 Å². The van der Waals surface area contributed by atoms with E-state index in [2.05, 4.69) is 10.6 Å². The maximum Gasteiger partial charge on any atom is 0.242 e. The Balaban J connectivity index is 2.66. The molecule has 0 aromatic heterocycles. The molecular weight excluding hydrogens is 258 g/mol. The largest absolute Gasteiger partial charge is 0.354 e. The smallest absolute Gasteiger partial charge is 0.242 e. The third-order valence-corrected chi connectivity index (χ3v) is 2.68. The highest BCUT2D eigenvalue weighted by atomic mass is 16.2. The van der Waals surface area contributed by atoms with Crippen molar-refractivity contribution in [1.82, 2.24) is 10.6 Å². The van der Waals surface area contributed by atoms with Crippen LogP contribution in [-0.2, 0) is 20.8 Å². The van der Waals surface area contributed by atoms with Gasteiger partial charge in [0.2, 0.25) is 11.8 Å². The van der Waals surface area contributed by atoms with E-state index in [0.717, 1.165) is 11.8 Å². The van der Waals surface area contributed by atoms with Gasteiger partial charge in [-0.15, -0.1) is 0 Å². The molecule has 0 heterocycles. The number of carbonyl (C=O) groups excluding carboxylic acids is 3. The molecule has 4 N–H and O–H groups in total. The molecule has 0 aliphatic carbocycles. The van der Waals surface area contributed by atoms with E-state index in [1.165, 1.54) is 0 Å². The Morgan fingerprint density at radius 1 is 1.25 bits per heavy atom. The van der Waals surface area contributed by atoms with Gasteiger partial charge in [-0.25, -0.2) is 0 Å². The fourth-order valence-electron chi connectivity index (χ4n) is 1.69. The van der Waals surface area contributed by atoms with E-state index in [1.54, 1.807) is 0 Å². The SMILES string of the molecule is NCC(=O)N[C@@H](Cc1ccccc1)C(=O)NCCC=O.